The fraction of sp³-hybridized carbons (Fsp3) is 0.208. The first-order chi connectivity index (χ1) is 15.8. The van der Waals surface area contributed by atoms with E-state index < -0.39 is 17.9 Å². The monoisotopic (exact) mass is 446 g/mol. The number of halogens is 1. The quantitative estimate of drug-likeness (QED) is 0.400. The molecule has 0 spiro atoms. The number of ketones is 1. The molecule has 4 aromatic rings. The highest BCUT2D eigenvalue weighted by molar-refractivity contribution is 5.96. The van der Waals surface area contributed by atoms with E-state index in [1.165, 1.54) is 19.1 Å². The molecule has 0 saturated heterocycles. The second-order valence-electron chi connectivity index (χ2n) is 7.93. The summed E-state index contributed by atoms with van der Waals surface area (Å²) in [5.41, 5.74) is 4.55. The van der Waals surface area contributed by atoms with E-state index in [0.717, 1.165) is 27.9 Å². The van der Waals surface area contributed by atoms with E-state index in [0.29, 0.717) is 16.9 Å². The Labute approximate surface area is 189 Å². The number of pyridine rings is 2. The van der Waals surface area contributed by atoms with Gasteiger partial charge in [-0.1, -0.05) is 6.07 Å². The maximum absolute atomic E-state index is 13.8. The summed E-state index contributed by atoms with van der Waals surface area (Å²) in [5.74, 6) is -0.253. The predicted molar refractivity (Wildman–Crippen MR) is 123 cm³/mol. The van der Waals surface area contributed by atoms with Gasteiger partial charge in [0.15, 0.2) is 0 Å². The zero-order valence-electron chi connectivity index (χ0n) is 18.4. The lowest BCUT2D eigenvalue weighted by Gasteiger charge is -2.20. The predicted octanol–water partition coefficient (Wildman–Crippen LogP) is 4.62. The number of carbonyl (C=O) groups is 2. The molecular weight excluding hydrogens is 423 g/mol. The first kappa shape index (κ1) is 22.1. The number of fused-ring (bicyclic) bond motifs is 1. The molecule has 2 amide bonds. The molecule has 1 unspecified atom stereocenters. The summed E-state index contributed by atoms with van der Waals surface area (Å²) in [7, 11) is 0. The van der Waals surface area contributed by atoms with Gasteiger partial charge in [-0.15, -0.1) is 0 Å². The minimum absolute atomic E-state index is 0.0411. The van der Waals surface area contributed by atoms with Crippen molar-refractivity contribution in [3.05, 3.63) is 71.4 Å². The third kappa shape index (κ3) is 5.03. The first-order valence-electron chi connectivity index (χ1n) is 10.4. The molecule has 168 valence electrons. The van der Waals surface area contributed by atoms with Crippen molar-refractivity contribution in [2.45, 2.75) is 33.2 Å². The number of H-pyrrole nitrogens is 1. The van der Waals surface area contributed by atoms with Gasteiger partial charge in [0.05, 0.1) is 11.6 Å². The van der Waals surface area contributed by atoms with Gasteiger partial charge in [0, 0.05) is 41.5 Å². The van der Waals surface area contributed by atoms with Gasteiger partial charge < -0.3 is 5.32 Å². The van der Waals surface area contributed by atoms with Crippen LogP contribution in [0.4, 0.5) is 15.0 Å². The number of rotatable bonds is 6. The zero-order chi connectivity index (χ0) is 23.5. The number of aryl methyl sites for hydroxylation is 2. The largest absolute Gasteiger partial charge is 0.331 e. The van der Waals surface area contributed by atoms with Gasteiger partial charge in [-0.25, -0.2) is 14.2 Å². The van der Waals surface area contributed by atoms with E-state index in [2.05, 4.69) is 30.8 Å². The molecule has 3 heterocycles. The lowest BCUT2D eigenvalue weighted by Crippen LogP contribution is -2.34. The Balaban J connectivity index is 1.54. The Morgan fingerprint density at radius 3 is 2.70 bits per heavy atom. The molecule has 0 aliphatic carbocycles. The molecule has 0 fully saturated rings. The van der Waals surface area contributed by atoms with E-state index in [4.69, 9.17) is 0 Å². The van der Waals surface area contributed by atoms with Crippen molar-refractivity contribution >= 4 is 28.5 Å². The van der Waals surface area contributed by atoms with Crippen LogP contribution in [-0.4, -0.2) is 32.0 Å². The van der Waals surface area contributed by atoms with Crippen molar-refractivity contribution in [3.63, 3.8) is 0 Å². The number of amides is 2. The number of urea groups is 1. The van der Waals surface area contributed by atoms with Crippen LogP contribution < -0.4 is 10.6 Å². The second-order valence-corrected chi connectivity index (χ2v) is 7.93. The molecule has 0 saturated carbocycles. The molecule has 9 heteroatoms. The molecule has 0 bridgehead atoms. The van der Waals surface area contributed by atoms with Crippen LogP contribution in [0.2, 0.25) is 0 Å². The van der Waals surface area contributed by atoms with Crippen molar-refractivity contribution in [1.29, 1.82) is 0 Å². The number of nitrogens with one attached hydrogen (secondary N) is 3. The normalized spacial score (nSPS) is 11.9. The van der Waals surface area contributed by atoms with Crippen LogP contribution in [0.1, 0.15) is 36.2 Å². The molecule has 8 nitrogen and oxygen atoms in total. The van der Waals surface area contributed by atoms with Crippen molar-refractivity contribution in [1.82, 2.24) is 25.5 Å². The Kier molecular flexibility index (Phi) is 6.12. The highest BCUT2D eigenvalue weighted by atomic mass is 19.1. The fourth-order valence-corrected chi connectivity index (χ4v) is 3.72. The van der Waals surface area contributed by atoms with Crippen molar-refractivity contribution in [2.24, 2.45) is 0 Å². The standard InChI is InChI=1S/C24H23FN6O2/c1-13-4-5-17(25)10-18(13)20(9-15(3)32)28-24(33)29-22-11-21-19(12-27-22)23(31-30-21)16-6-7-26-14(2)8-16/h4-8,10-12,20H,9H2,1-3H3,(H,30,31)(H2,27,28,29,33). The van der Waals surface area contributed by atoms with Crippen LogP contribution in [0.25, 0.3) is 22.2 Å². The summed E-state index contributed by atoms with van der Waals surface area (Å²) >= 11 is 0. The minimum atomic E-state index is -0.671. The number of hydrogen-bond donors (Lipinski definition) is 3. The van der Waals surface area contributed by atoms with Gasteiger partial charge in [0.2, 0.25) is 0 Å². The van der Waals surface area contributed by atoms with Crippen LogP contribution in [0.3, 0.4) is 0 Å². The third-order valence-corrected chi connectivity index (χ3v) is 5.27. The highest BCUT2D eigenvalue weighted by Gasteiger charge is 2.20. The zero-order valence-corrected chi connectivity index (χ0v) is 18.4. The lowest BCUT2D eigenvalue weighted by atomic mass is 9.97. The fourth-order valence-electron chi connectivity index (χ4n) is 3.72. The summed E-state index contributed by atoms with van der Waals surface area (Å²) in [6, 6.07) is 8.54. The Bertz CT molecular complexity index is 1350. The third-order valence-electron chi connectivity index (χ3n) is 5.27. The number of nitrogens with zero attached hydrogens (tertiary/aromatic N) is 3. The van der Waals surface area contributed by atoms with Gasteiger partial charge in [-0.3, -0.25) is 20.2 Å². The van der Waals surface area contributed by atoms with Crippen molar-refractivity contribution < 1.29 is 14.0 Å². The van der Waals surface area contributed by atoms with Gasteiger partial charge in [-0.05, 0) is 56.2 Å². The molecule has 0 aliphatic heterocycles. The molecule has 1 atom stereocenters. The lowest BCUT2D eigenvalue weighted by molar-refractivity contribution is -0.117. The summed E-state index contributed by atoms with van der Waals surface area (Å²) in [5, 5.41) is 13.6. The number of aromatic nitrogens is 4. The van der Waals surface area contributed by atoms with Gasteiger partial charge in [0.1, 0.15) is 23.1 Å². The maximum atomic E-state index is 13.8. The molecule has 3 N–H and O–H groups in total. The maximum Gasteiger partial charge on any atom is 0.320 e. The van der Waals surface area contributed by atoms with Gasteiger partial charge in [0.25, 0.3) is 0 Å². The number of Topliss-reactive ketones (excluding diaryl/α,β-unsaturated/α-hetero) is 1. The molecule has 3 aromatic heterocycles. The average Bonchev–Trinajstić information content (AvgIpc) is 3.18. The van der Waals surface area contributed by atoms with E-state index >= 15 is 0 Å². The molecular formula is C24H23FN6O2. The van der Waals surface area contributed by atoms with Crippen molar-refractivity contribution in [2.75, 3.05) is 5.32 Å². The van der Waals surface area contributed by atoms with Gasteiger partial charge >= 0.3 is 6.03 Å². The SMILES string of the molecule is CC(=O)CC(NC(=O)Nc1cc2[nH]nc(-c3ccnc(C)c3)c2cn1)c1cc(F)ccc1C. The summed E-state index contributed by atoms with van der Waals surface area (Å²) in [4.78, 5) is 33.0. The van der Waals surface area contributed by atoms with Gasteiger partial charge in [-0.2, -0.15) is 5.10 Å². The smallest absolute Gasteiger partial charge is 0.320 e. The molecule has 4 rings (SSSR count). The van der Waals surface area contributed by atoms with Crippen LogP contribution in [0.5, 0.6) is 0 Å². The minimum Gasteiger partial charge on any atom is -0.331 e. The second kappa shape index (κ2) is 9.15. The number of hydrogen-bond acceptors (Lipinski definition) is 5. The van der Waals surface area contributed by atoms with Crippen LogP contribution in [-0.2, 0) is 4.79 Å². The number of aromatic amines is 1. The van der Waals surface area contributed by atoms with Crippen LogP contribution in [0.15, 0.2) is 48.8 Å². The number of benzene rings is 1. The summed E-state index contributed by atoms with van der Waals surface area (Å²) < 4.78 is 13.8. The van der Waals surface area contributed by atoms with Crippen LogP contribution >= 0.6 is 0 Å². The summed E-state index contributed by atoms with van der Waals surface area (Å²) in [6.07, 6.45) is 3.39. The van der Waals surface area contributed by atoms with E-state index in [1.807, 2.05) is 19.1 Å². The number of anilines is 1. The van der Waals surface area contributed by atoms with Crippen molar-refractivity contribution in [3.8, 4) is 11.3 Å². The first-order valence-corrected chi connectivity index (χ1v) is 10.4. The van der Waals surface area contributed by atoms with Crippen LogP contribution in [0, 0.1) is 19.7 Å². The Morgan fingerprint density at radius 1 is 1.12 bits per heavy atom. The van der Waals surface area contributed by atoms with E-state index in [-0.39, 0.29) is 12.2 Å². The highest BCUT2D eigenvalue weighted by Crippen LogP contribution is 2.27. The molecule has 1 aromatic carbocycles. The Morgan fingerprint density at radius 2 is 1.94 bits per heavy atom. The number of carbonyl (C=O) groups excluding carboxylic acids is 2. The van der Waals surface area contributed by atoms with E-state index in [9.17, 15) is 14.0 Å². The summed E-state index contributed by atoms with van der Waals surface area (Å²) in [6.45, 7) is 5.13. The topological polar surface area (TPSA) is 113 Å². The molecule has 0 radical (unpaired) electrons. The van der Waals surface area contributed by atoms with E-state index in [1.54, 1.807) is 31.5 Å². The molecule has 33 heavy (non-hydrogen) atoms. The average molecular weight is 446 g/mol. The Hall–Kier alpha value is -4.14. The molecule has 0 aliphatic rings.